The molecule has 0 saturated carbocycles. The van der Waals surface area contributed by atoms with Crippen molar-refractivity contribution >= 4 is 11.6 Å². The molecule has 0 unspecified atom stereocenters. The van der Waals surface area contributed by atoms with Crippen LogP contribution in [-0.2, 0) is 9.59 Å². The Morgan fingerprint density at radius 1 is 1.29 bits per heavy atom. The Morgan fingerprint density at radius 2 is 1.86 bits per heavy atom. The number of Topliss-reactive ketones (excluding diaryl/α,β-unsaturated/α-hetero) is 2. The van der Waals surface area contributed by atoms with Crippen LogP contribution < -0.4 is 0 Å². The van der Waals surface area contributed by atoms with Crippen molar-refractivity contribution in [1.29, 1.82) is 0 Å². The van der Waals surface area contributed by atoms with Gasteiger partial charge in [-0.05, 0) is 13.3 Å². The molecular formula is C11H19NO2. The molecule has 0 aromatic carbocycles. The molecule has 14 heavy (non-hydrogen) atoms. The van der Waals surface area contributed by atoms with E-state index in [1.807, 2.05) is 6.92 Å². The van der Waals surface area contributed by atoms with E-state index in [-0.39, 0.29) is 11.6 Å². The summed E-state index contributed by atoms with van der Waals surface area (Å²) in [6, 6.07) is 0. The largest absolute Gasteiger partial charge is 0.383 e. The fourth-order valence-electron chi connectivity index (χ4n) is 1.09. The molecule has 0 radical (unpaired) electrons. The first-order chi connectivity index (χ1) is 6.49. The molecule has 0 N–H and O–H groups in total. The van der Waals surface area contributed by atoms with Gasteiger partial charge < -0.3 is 4.90 Å². The highest BCUT2D eigenvalue weighted by atomic mass is 16.1. The number of rotatable bonds is 6. The lowest BCUT2D eigenvalue weighted by molar-refractivity contribution is -0.120. The molecule has 0 aromatic heterocycles. The molecule has 0 spiro atoms. The molecule has 0 aliphatic rings. The van der Waals surface area contributed by atoms with Gasteiger partial charge in [-0.2, -0.15) is 0 Å². The van der Waals surface area contributed by atoms with Gasteiger partial charge in [0.05, 0.1) is 5.57 Å². The Labute approximate surface area is 85.8 Å². The number of allylic oxidation sites excluding steroid dienone is 1. The van der Waals surface area contributed by atoms with E-state index in [0.717, 1.165) is 12.8 Å². The Balaban J connectivity index is 4.51. The van der Waals surface area contributed by atoms with Crippen molar-refractivity contribution in [3.8, 4) is 0 Å². The van der Waals surface area contributed by atoms with Crippen molar-refractivity contribution in [1.82, 2.24) is 4.90 Å². The lowest BCUT2D eigenvalue weighted by atomic mass is 10.0. The monoisotopic (exact) mass is 197 g/mol. The average molecular weight is 197 g/mol. The lowest BCUT2D eigenvalue weighted by Gasteiger charge is -2.08. The number of unbranched alkanes of at least 4 members (excludes halogenated alkanes) is 1. The molecule has 0 saturated heterocycles. The molecule has 0 heterocycles. The minimum atomic E-state index is -0.153. The zero-order valence-electron chi connectivity index (χ0n) is 9.46. The second-order valence-electron chi connectivity index (χ2n) is 3.59. The molecule has 0 aliphatic heterocycles. The van der Waals surface area contributed by atoms with Crippen molar-refractivity contribution in [3.63, 3.8) is 0 Å². The predicted octanol–water partition coefficient (Wildman–Crippen LogP) is 1.78. The second kappa shape index (κ2) is 6.35. The molecule has 3 nitrogen and oxygen atoms in total. The third-order valence-electron chi connectivity index (χ3n) is 1.82. The fourth-order valence-corrected chi connectivity index (χ4v) is 1.09. The number of ketones is 2. The summed E-state index contributed by atoms with van der Waals surface area (Å²) in [4.78, 5) is 24.5. The minimum Gasteiger partial charge on any atom is -0.383 e. The standard InChI is InChI=1S/C11H19NO2/c1-5-6-7-11(14)10(9(2)13)8-12(3)4/h8H,5-7H2,1-4H3/b10-8+. The molecule has 80 valence electrons. The zero-order chi connectivity index (χ0) is 11.1. The van der Waals surface area contributed by atoms with Gasteiger partial charge >= 0.3 is 0 Å². The topological polar surface area (TPSA) is 37.4 Å². The van der Waals surface area contributed by atoms with Gasteiger partial charge in [0.25, 0.3) is 0 Å². The van der Waals surface area contributed by atoms with Gasteiger partial charge in [-0.15, -0.1) is 0 Å². The number of nitrogens with zero attached hydrogens (tertiary/aromatic N) is 1. The van der Waals surface area contributed by atoms with E-state index in [9.17, 15) is 9.59 Å². The van der Waals surface area contributed by atoms with Crippen molar-refractivity contribution < 1.29 is 9.59 Å². The molecule has 0 rings (SSSR count). The first-order valence-corrected chi connectivity index (χ1v) is 4.91. The first-order valence-electron chi connectivity index (χ1n) is 4.91. The van der Waals surface area contributed by atoms with Crippen molar-refractivity contribution in [2.45, 2.75) is 33.1 Å². The Morgan fingerprint density at radius 3 is 2.21 bits per heavy atom. The first kappa shape index (κ1) is 12.9. The van der Waals surface area contributed by atoms with E-state index in [1.165, 1.54) is 6.92 Å². The van der Waals surface area contributed by atoms with Crippen LogP contribution in [0.4, 0.5) is 0 Å². The summed E-state index contributed by atoms with van der Waals surface area (Å²) in [5.74, 6) is -0.201. The second-order valence-corrected chi connectivity index (χ2v) is 3.59. The van der Waals surface area contributed by atoms with Crippen LogP contribution in [0.25, 0.3) is 0 Å². The molecule has 0 bridgehead atoms. The summed E-state index contributed by atoms with van der Waals surface area (Å²) < 4.78 is 0. The van der Waals surface area contributed by atoms with Gasteiger partial charge in [0.15, 0.2) is 11.6 Å². The summed E-state index contributed by atoms with van der Waals surface area (Å²) >= 11 is 0. The predicted molar refractivity (Wildman–Crippen MR) is 57.0 cm³/mol. The third-order valence-corrected chi connectivity index (χ3v) is 1.82. The number of hydrogen-bond acceptors (Lipinski definition) is 3. The van der Waals surface area contributed by atoms with Gasteiger partial charge in [0.2, 0.25) is 0 Å². The smallest absolute Gasteiger partial charge is 0.167 e. The highest BCUT2D eigenvalue weighted by molar-refractivity contribution is 6.19. The quantitative estimate of drug-likeness (QED) is 0.370. The highest BCUT2D eigenvalue weighted by Gasteiger charge is 2.13. The Bertz CT molecular complexity index is 242. The molecule has 0 aliphatic carbocycles. The van der Waals surface area contributed by atoms with Crippen LogP contribution >= 0.6 is 0 Å². The lowest BCUT2D eigenvalue weighted by Crippen LogP contribution is -2.14. The maximum absolute atomic E-state index is 11.6. The van der Waals surface area contributed by atoms with Crippen LogP contribution in [0.1, 0.15) is 33.1 Å². The van der Waals surface area contributed by atoms with E-state index < -0.39 is 0 Å². The molecule has 3 heteroatoms. The fraction of sp³-hybridized carbons (Fsp3) is 0.636. The van der Waals surface area contributed by atoms with Crippen LogP contribution in [0.3, 0.4) is 0 Å². The van der Waals surface area contributed by atoms with Gasteiger partial charge in [-0.3, -0.25) is 9.59 Å². The SMILES string of the molecule is CCCCC(=O)/C(=C/N(C)C)C(C)=O. The third kappa shape index (κ3) is 4.80. The Hall–Kier alpha value is -1.12. The van der Waals surface area contributed by atoms with Gasteiger partial charge in [-0.1, -0.05) is 13.3 Å². The summed E-state index contributed by atoms with van der Waals surface area (Å²) in [6.45, 7) is 3.45. The van der Waals surface area contributed by atoms with Gasteiger partial charge in [0, 0.05) is 26.7 Å². The van der Waals surface area contributed by atoms with E-state index in [0.29, 0.717) is 12.0 Å². The van der Waals surface area contributed by atoms with Crippen LogP contribution in [-0.4, -0.2) is 30.6 Å². The van der Waals surface area contributed by atoms with E-state index in [4.69, 9.17) is 0 Å². The van der Waals surface area contributed by atoms with Gasteiger partial charge in [-0.25, -0.2) is 0 Å². The number of hydrogen-bond donors (Lipinski definition) is 0. The number of carbonyl (C=O) groups excluding carboxylic acids is 2. The minimum absolute atomic E-state index is 0.0481. The van der Waals surface area contributed by atoms with Crippen molar-refractivity contribution in [2.75, 3.05) is 14.1 Å². The van der Waals surface area contributed by atoms with Crippen LogP contribution in [0, 0.1) is 0 Å². The van der Waals surface area contributed by atoms with Crippen LogP contribution in [0.2, 0.25) is 0 Å². The maximum Gasteiger partial charge on any atom is 0.167 e. The molecule has 0 fully saturated rings. The van der Waals surface area contributed by atoms with E-state index in [2.05, 4.69) is 0 Å². The molecule has 0 atom stereocenters. The Kier molecular flexibility index (Phi) is 5.84. The maximum atomic E-state index is 11.6. The normalized spacial score (nSPS) is 11.3. The molecule has 0 aromatic rings. The summed E-state index contributed by atoms with van der Waals surface area (Å²) in [5, 5.41) is 0. The van der Waals surface area contributed by atoms with E-state index in [1.54, 1.807) is 25.2 Å². The molecular weight excluding hydrogens is 178 g/mol. The van der Waals surface area contributed by atoms with Gasteiger partial charge in [0.1, 0.15) is 0 Å². The van der Waals surface area contributed by atoms with Crippen LogP contribution in [0.15, 0.2) is 11.8 Å². The highest BCUT2D eigenvalue weighted by Crippen LogP contribution is 2.06. The summed E-state index contributed by atoms with van der Waals surface area (Å²) in [6.07, 6.45) is 3.88. The van der Waals surface area contributed by atoms with Crippen molar-refractivity contribution in [3.05, 3.63) is 11.8 Å². The van der Waals surface area contributed by atoms with E-state index >= 15 is 0 Å². The zero-order valence-corrected chi connectivity index (χ0v) is 9.46. The average Bonchev–Trinajstić information content (AvgIpc) is 2.09. The number of carbonyl (C=O) groups is 2. The summed E-state index contributed by atoms with van der Waals surface area (Å²) in [7, 11) is 3.60. The van der Waals surface area contributed by atoms with Crippen LogP contribution in [0.5, 0.6) is 0 Å². The summed E-state index contributed by atoms with van der Waals surface area (Å²) in [5.41, 5.74) is 0.309. The van der Waals surface area contributed by atoms with Crippen molar-refractivity contribution in [2.24, 2.45) is 0 Å². The molecule has 0 amide bonds.